The Bertz CT molecular complexity index is 400. The van der Waals surface area contributed by atoms with Crippen molar-refractivity contribution in [3.63, 3.8) is 0 Å². The molecule has 0 fully saturated rings. The molecule has 9 N–H and O–H groups in total. The number of hydrogen-bond acceptors (Lipinski definition) is 5. The van der Waals surface area contributed by atoms with E-state index >= 15 is 0 Å². The van der Waals surface area contributed by atoms with Crippen molar-refractivity contribution in [2.75, 3.05) is 0 Å². The highest BCUT2D eigenvalue weighted by molar-refractivity contribution is 5.81. The molecule has 0 heterocycles. The Hall–Kier alpha value is -1.96. The summed E-state index contributed by atoms with van der Waals surface area (Å²) in [5.74, 6) is -1.70. The highest BCUT2D eigenvalue weighted by Crippen LogP contribution is 2.07. The van der Waals surface area contributed by atoms with E-state index in [9.17, 15) is 9.59 Å². The molecule has 0 aromatic heterocycles. The van der Waals surface area contributed by atoms with Crippen molar-refractivity contribution in [3.05, 3.63) is 35.9 Å². The lowest BCUT2D eigenvalue weighted by Crippen LogP contribution is -2.53. The first kappa shape index (κ1) is 16.0. The third-order valence-corrected chi connectivity index (χ3v) is 1.93. The average Bonchev–Trinajstić information content (AvgIpc) is 2.28. The van der Waals surface area contributed by atoms with E-state index < -0.39 is 23.6 Å². The Labute approximate surface area is 105 Å². The first-order chi connectivity index (χ1) is 8.16. The van der Waals surface area contributed by atoms with Gasteiger partial charge in [-0.1, -0.05) is 30.3 Å². The predicted molar refractivity (Wildman–Crippen MR) is 67.0 cm³/mol. The van der Waals surface area contributed by atoms with Gasteiger partial charge in [0.2, 0.25) is 5.91 Å². The molecule has 100 valence electrons. The molecule has 0 saturated heterocycles. The standard InChI is InChI=1S/C8H10N2O.C3H8N2O2/c9-7(8(10)11)6-4-2-1-3-5-6;1-3(4,5)2(6)7/h1-5,7H,9H2,(H2,10,11);4-5H2,1H3,(H,6,7). The van der Waals surface area contributed by atoms with Crippen molar-refractivity contribution in [2.45, 2.75) is 18.6 Å². The summed E-state index contributed by atoms with van der Waals surface area (Å²) in [5.41, 5.74) is 19.3. The van der Waals surface area contributed by atoms with Crippen LogP contribution in [0.4, 0.5) is 0 Å². The van der Waals surface area contributed by atoms with Crippen LogP contribution in [0.25, 0.3) is 0 Å². The number of primary amides is 1. The van der Waals surface area contributed by atoms with Crippen LogP contribution in [-0.4, -0.2) is 22.6 Å². The number of rotatable bonds is 3. The Morgan fingerprint density at radius 3 is 1.89 bits per heavy atom. The SMILES string of the molecule is CC(N)(N)C(=O)O.NC(=O)C(N)c1ccccc1. The lowest BCUT2D eigenvalue weighted by Gasteiger charge is -2.09. The van der Waals surface area contributed by atoms with Gasteiger partial charge in [0.25, 0.3) is 0 Å². The maximum absolute atomic E-state index is 10.6. The van der Waals surface area contributed by atoms with Gasteiger partial charge in [0, 0.05) is 0 Å². The van der Waals surface area contributed by atoms with Crippen LogP contribution in [0.5, 0.6) is 0 Å². The van der Waals surface area contributed by atoms with E-state index in [0.29, 0.717) is 0 Å². The van der Waals surface area contributed by atoms with Gasteiger partial charge < -0.3 is 28.0 Å². The molecular formula is C11H18N4O3. The molecule has 0 aliphatic carbocycles. The van der Waals surface area contributed by atoms with E-state index in [1.165, 1.54) is 6.92 Å². The summed E-state index contributed by atoms with van der Waals surface area (Å²) in [7, 11) is 0. The minimum absolute atomic E-state index is 0.504. The maximum atomic E-state index is 10.6. The topological polar surface area (TPSA) is 158 Å². The van der Waals surface area contributed by atoms with Crippen LogP contribution >= 0.6 is 0 Å². The largest absolute Gasteiger partial charge is 0.479 e. The summed E-state index contributed by atoms with van der Waals surface area (Å²) in [6.45, 7) is 1.22. The fraction of sp³-hybridized carbons (Fsp3) is 0.273. The van der Waals surface area contributed by atoms with E-state index in [1.54, 1.807) is 12.1 Å². The number of carbonyl (C=O) groups excluding carboxylic acids is 1. The molecule has 0 bridgehead atoms. The number of carboxylic acids is 1. The highest BCUT2D eigenvalue weighted by atomic mass is 16.4. The van der Waals surface area contributed by atoms with Crippen molar-refractivity contribution in [1.29, 1.82) is 0 Å². The van der Waals surface area contributed by atoms with Crippen LogP contribution in [0.3, 0.4) is 0 Å². The van der Waals surface area contributed by atoms with Crippen LogP contribution in [0, 0.1) is 0 Å². The third-order valence-electron chi connectivity index (χ3n) is 1.93. The lowest BCUT2D eigenvalue weighted by atomic mass is 10.1. The summed E-state index contributed by atoms with van der Waals surface area (Å²) in [5, 5.41) is 8.00. The number of aliphatic carboxylic acids is 1. The normalized spacial score (nSPS) is 12.0. The molecule has 1 aromatic carbocycles. The van der Waals surface area contributed by atoms with Crippen LogP contribution in [-0.2, 0) is 9.59 Å². The smallest absolute Gasteiger partial charge is 0.338 e. The third kappa shape index (κ3) is 5.94. The highest BCUT2D eigenvalue weighted by Gasteiger charge is 2.20. The molecule has 1 amide bonds. The zero-order valence-electron chi connectivity index (χ0n) is 10.0. The van der Waals surface area contributed by atoms with Crippen LogP contribution in [0.15, 0.2) is 30.3 Å². The molecule has 7 nitrogen and oxygen atoms in total. The number of nitrogens with two attached hydrogens (primary N) is 4. The fourth-order valence-electron chi connectivity index (χ4n) is 0.825. The summed E-state index contributed by atoms with van der Waals surface area (Å²) in [6, 6.07) is 8.36. The Kier molecular flexibility index (Phi) is 5.97. The molecule has 7 heteroatoms. The molecule has 18 heavy (non-hydrogen) atoms. The molecular weight excluding hydrogens is 236 g/mol. The maximum Gasteiger partial charge on any atom is 0.338 e. The Morgan fingerprint density at radius 2 is 1.61 bits per heavy atom. The summed E-state index contributed by atoms with van der Waals surface area (Å²) >= 11 is 0. The lowest BCUT2D eigenvalue weighted by molar-refractivity contribution is -0.142. The van der Waals surface area contributed by atoms with Crippen LogP contribution in [0.1, 0.15) is 18.5 Å². The molecule has 0 radical (unpaired) electrons. The molecule has 1 unspecified atom stereocenters. The number of benzene rings is 1. The molecule has 0 saturated carbocycles. The number of carbonyl (C=O) groups is 2. The van der Waals surface area contributed by atoms with E-state index in [4.69, 9.17) is 28.0 Å². The first-order valence-electron chi connectivity index (χ1n) is 5.07. The van der Waals surface area contributed by atoms with Gasteiger partial charge in [-0.05, 0) is 12.5 Å². The van der Waals surface area contributed by atoms with Gasteiger partial charge >= 0.3 is 5.97 Å². The zero-order valence-corrected chi connectivity index (χ0v) is 10.0. The second-order valence-electron chi connectivity index (χ2n) is 3.88. The fourth-order valence-corrected chi connectivity index (χ4v) is 0.825. The van der Waals surface area contributed by atoms with Crippen molar-refractivity contribution < 1.29 is 14.7 Å². The molecule has 0 aliphatic heterocycles. The van der Waals surface area contributed by atoms with E-state index in [-0.39, 0.29) is 0 Å². The summed E-state index contributed by atoms with van der Waals surface area (Å²) in [4.78, 5) is 20.4. The molecule has 1 aromatic rings. The minimum atomic E-state index is -1.58. The van der Waals surface area contributed by atoms with Crippen molar-refractivity contribution >= 4 is 11.9 Å². The Balaban J connectivity index is 0.000000360. The summed E-state index contributed by atoms with van der Waals surface area (Å²) in [6.07, 6.45) is 0. The monoisotopic (exact) mass is 254 g/mol. The molecule has 1 rings (SSSR count). The quantitative estimate of drug-likeness (QED) is 0.429. The van der Waals surface area contributed by atoms with E-state index in [1.807, 2.05) is 18.2 Å². The zero-order chi connectivity index (χ0) is 14.3. The predicted octanol–water partition coefficient (Wildman–Crippen LogP) is -1.12. The number of carboxylic acid groups (broad SMARTS) is 1. The van der Waals surface area contributed by atoms with Gasteiger partial charge in [-0.25, -0.2) is 4.79 Å². The second kappa shape index (κ2) is 6.70. The number of amides is 1. The van der Waals surface area contributed by atoms with Gasteiger partial charge in [-0.3, -0.25) is 4.79 Å². The van der Waals surface area contributed by atoms with Crippen LogP contribution < -0.4 is 22.9 Å². The summed E-state index contributed by atoms with van der Waals surface area (Å²) < 4.78 is 0. The van der Waals surface area contributed by atoms with Crippen molar-refractivity contribution in [2.24, 2.45) is 22.9 Å². The Morgan fingerprint density at radius 1 is 1.22 bits per heavy atom. The van der Waals surface area contributed by atoms with Gasteiger partial charge in [-0.2, -0.15) is 0 Å². The van der Waals surface area contributed by atoms with E-state index in [0.717, 1.165) is 5.56 Å². The first-order valence-corrected chi connectivity index (χ1v) is 5.07. The van der Waals surface area contributed by atoms with Gasteiger partial charge in [-0.15, -0.1) is 0 Å². The van der Waals surface area contributed by atoms with Gasteiger partial charge in [0.05, 0.1) is 0 Å². The van der Waals surface area contributed by atoms with Gasteiger partial charge in [0.15, 0.2) is 5.66 Å². The van der Waals surface area contributed by atoms with Gasteiger partial charge in [0.1, 0.15) is 6.04 Å². The minimum Gasteiger partial charge on any atom is -0.479 e. The molecule has 0 spiro atoms. The van der Waals surface area contributed by atoms with Crippen molar-refractivity contribution in [3.8, 4) is 0 Å². The average molecular weight is 254 g/mol. The number of hydrogen-bond donors (Lipinski definition) is 5. The molecule has 0 aliphatic rings. The second-order valence-corrected chi connectivity index (χ2v) is 3.88. The molecule has 1 atom stereocenters. The van der Waals surface area contributed by atoms with E-state index in [2.05, 4.69) is 0 Å². The van der Waals surface area contributed by atoms with Crippen LogP contribution in [0.2, 0.25) is 0 Å². The van der Waals surface area contributed by atoms with Crippen molar-refractivity contribution in [1.82, 2.24) is 0 Å².